The smallest absolute Gasteiger partial charge is 0.411 e. The molecule has 3 nitrogen and oxygen atoms in total. The third-order valence-corrected chi connectivity index (χ3v) is 2.57. The summed E-state index contributed by atoms with van der Waals surface area (Å²) in [6.45, 7) is 0.933. The first-order valence-electron chi connectivity index (χ1n) is 4.43. The Balaban J connectivity index is 2.07. The molecule has 1 aliphatic rings. The van der Waals surface area contributed by atoms with Crippen LogP contribution in [0.4, 0.5) is 4.79 Å². The van der Waals surface area contributed by atoms with Crippen LogP contribution in [0.2, 0.25) is 0 Å². The van der Waals surface area contributed by atoms with Crippen molar-refractivity contribution < 1.29 is 9.53 Å². The number of thiol groups is 1. The van der Waals surface area contributed by atoms with E-state index >= 15 is 0 Å². The molecular formula is C10H11NO2S. The van der Waals surface area contributed by atoms with E-state index in [0.717, 1.165) is 5.56 Å². The van der Waals surface area contributed by atoms with Crippen molar-refractivity contribution in [3.05, 3.63) is 35.9 Å². The Morgan fingerprint density at radius 1 is 1.43 bits per heavy atom. The summed E-state index contributed by atoms with van der Waals surface area (Å²) in [6.07, 6.45) is -0.283. The molecule has 1 amide bonds. The van der Waals surface area contributed by atoms with Gasteiger partial charge in [0.05, 0.1) is 6.54 Å². The molecule has 74 valence electrons. The van der Waals surface area contributed by atoms with Crippen molar-refractivity contribution in [3.8, 4) is 0 Å². The van der Waals surface area contributed by atoms with Gasteiger partial charge in [0.25, 0.3) is 0 Å². The third-order valence-electron chi connectivity index (χ3n) is 2.15. The summed E-state index contributed by atoms with van der Waals surface area (Å²) >= 11 is 4.26. The molecule has 1 atom stereocenters. The van der Waals surface area contributed by atoms with E-state index in [1.165, 1.54) is 0 Å². The molecule has 0 unspecified atom stereocenters. The highest BCUT2D eigenvalue weighted by molar-refractivity contribution is 7.80. The molecule has 0 radical (unpaired) electrons. The van der Waals surface area contributed by atoms with Crippen molar-refractivity contribution in [2.75, 3.05) is 6.61 Å². The van der Waals surface area contributed by atoms with Gasteiger partial charge in [-0.3, -0.25) is 4.90 Å². The maximum Gasteiger partial charge on any atom is 0.411 e. The molecule has 1 aromatic rings. The number of benzene rings is 1. The van der Waals surface area contributed by atoms with E-state index in [2.05, 4.69) is 12.6 Å². The van der Waals surface area contributed by atoms with Crippen LogP contribution < -0.4 is 0 Å². The summed E-state index contributed by atoms with van der Waals surface area (Å²) in [5.74, 6) is 0. The summed E-state index contributed by atoms with van der Waals surface area (Å²) in [4.78, 5) is 12.9. The fraction of sp³-hybridized carbons (Fsp3) is 0.300. The summed E-state index contributed by atoms with van der Waals surface area (Å²) in [5.41, 5.74) is 1.09. The van der Waals surface area contributed by atoms with Crippen molar-refractivity contribution in [3.63, 3.8) is 0 Å². The van der Waals surface area contributed by atoms with Gasteiger partial charge in [0.1, 0.15) is 12.0 Å². The van der Waals surface area contributed by atoms with Crippen LogP contribution in [0.25, 0.3) is 0 Å². The Bertz CT molecular complexity index is 328. The lowest BCUT2D eigenvalue weighted by molar-refractivity contribution is 0.157. The van der Waals surface area contributed by atoms with Gasteiger partial charge in [-0.05, 0) is 5.56 Å². The number of carbonyl (C=O) groups is 1. The molecule has 0 bridgehead atoms. The van der Waals surface area contributed by atoms with Crippen molar-refractivity contribution >= 4 is 18.7 Å². The number of hydrogen-bond donors (Lipinski definition) is 1. The molecule has 14 heavy (non-hydrogen) atoms. The molecule has 1 heterocycles. The first kappa shape index (κ1) is 9.40. The monoisotopic (exact) mass is 209 g/mol. The van der Waals surface area contributed by atoms with Gasteiger partial charge in [0, 0.05) is 0 Å². The maximum atomic E-state index is 11.2. The Hall–Kier alpha value is -1.16. The van der Waals surface area contributed by atoms with Crippen LogP contribution in [-0.4, -0.2) is 23.0 Å². The zero-order chi connectivity index (χ0) is 9.97. The summed E-state index contributed by atoms with van der Waals surface area (Å²) < 4.78 is 4.86. The van der Waals surface area contributed by atoms with Crippen LogP contribution in [0.5, 0.6) is 0 Å². The predicted molar refractivity (Wildman–Crippen MR) is 56.1 cm³/mol. The highest BCUT2D eigenvalue weighted by Crippen LogP contribution is 2.18. The van der Waals surface area contributed by atoms with Gasteiger partial charge in [-0.1, -0.05) is 30.3 Å². The van der Waals surface area contributed by atoms with Crippen LogP contribution >= 0.6 is 12.6 Å². The molecule has 4 heteroatoms. The molecule has 0 spiro atoms. The molecule has 0 aromatic heterocycles. The number of cyclic esters (lactones) is 1. The van der Waals surface area contributed by atoms with E-state index in [1.807, 2.05) is 30.3 Å². The van der Waals surface area contributed by atoms with Crippen molar-refractivity contribution in [2.24, 2.45) is 0 Å². The second-order valence-electron chi connectivity index (χ2n) is 3.17. The average Bonchev–Trinajstić information content (AvgIpc) is 2.51. The topological polar surface area (TPSA) is 29.5 Å². The Kier molecular flexibility index (Phi) is 2.63. The normalized spacial score (nSPS) is 21.1. The van der Waals surface area contributed by atoms with Gasteiger partial charge in [-0.15, -0.1) is 0 Å². The van der Waals surface area contributed by atoms with Crippen LogP contribution in [-0.2, 0) is 11.3 Å². The molecule has 0 aliphatic carbocycles. The molecule has 1 aliphatic heterocycles. The number of hydrogen-bond acceptors (Lipinski definition) is 3. The first-order valence-corrected chi connectivity index (χ1v) is 4.94. The number of nitrogens with zero attached hydrogens (tertiary/aromatic N) is 1. The zero-order valence-electron chi connectivity index (χ0n) is 7.59. The second-order valence-corrected chi connectivity index (χ2v) is 3.77. The van der Waals surface area contributed by atoms with Gasteiger partial charge < -0.3 is 4.74 Å². The summed E-state index contributed by atoms with van der Waals surface area (Å²) in [6, 6.07) is 9.80. The minimum absolute atomic E-state index is 0.122. The van der Waals surface area contributed by atoms with Crippen molar-refractivity contribution in [1.29, 1.82) is 0 Å². The summed E-state index contributed by atoms with van der Waals surface area (Å²) in [5, 5.41) is -0.122. The molecule has 1 fully saturated rings. The van der Waals surface area contributed by atoms with Crippen molar-refractivity contribution in [2.45, 2.75) is 11.9 Å². The number of carbonyl (C=O) groups excluding carboxylic acids is 1. The molecular weight excluding hydrogens is 198 g/mol. The van der Waals surface area contributed by atoms with Crippen LogP contribution in [0.1, 0.15) is 5.56 Å². The lowest BCUT2D eigenvalue weighted by Crippen LogP contribution is -2.28. The minimum atomic E-state index is -0.283. The highest BCUT2D eigenvalue weighted by Gasteiger charge is 2.29. The molecule has 1 saturated heterocycles. The van der Waals surface area contributed by atoms with E-state index in [4.69, 9.17) is 4.74 Å². The quantitative estimate of drug-likeness (QED) is 0.754. The van der Waals surface area contributed by atoms with E-state index in [-0.39, 0.29) is 11.5 Å². The SMILES string of the molecule is O=C1OC[C@H](S)N1Cc1ccccc1. The van der Waals surface area contributed by atoms with Gasteiger partial charge in [-0.25, -0.2) is 4.79 Å². The second kappa shape index (κ2) is 3.92. The Morgan fingerprint density at radius 3 is 2.71 bits per heavy atom. The van der Waals surface area contributed by atoms with Crippen molar-refractivity contribution in [1.82, 2.24) is 4.90 Å². The predicted octanol–water partition coefficient (Wildman–Crippen LogP) is 1.89. The van der Waals surface area contributed by atoms with Crippen LogP contribution in [0.15, 0.2) is 30.3 Å². The van der Waals surface area contributed by atoms with E-state index in [1.54, 1.807) is 4.90 Å². The molecule has 1 aromatic carbocycles. The Labute approximate surface area is 88.1 Å². The molecule has 0 saturated carbocycles. The fourth-order valence-corrected chi connectivity index (χ4v) is 1.64. The van der Waals surface area contributed by atoms with E-state index < -0.39 is 0 Å². The largest absolute Gasteiger partial charge is 0.446 e. The first-order chi connectivity index (χ1) is 6.77. The van der Waals surface area contributed by atoms with Gasteiger partial charge in [0.15, 0.2) is 0 Å². The van der Waals surface area contributed by atoms with Gasteiger partial charge in [-0.2, -0.15) is 12.6 Å². The van der Waals surface area contributed by atoms with Crippen LogP contribution in [0.3, 0.4) is 0 Å². The lowest BCUT2D eigenvalue weighted by Gasteiger charge is -2.16. The zero-order valence-corrected chi connectivity index (χ0v) is 8.48. The standard InChI is InChI=1S/C10H11NO2S/c12-10-11(9(14)7-13-10)6-8-4-2-1-3-5-8/h1-5,9,14H,6-7H2/t9-/m0/s1. The van der Waals surface area contributed by atoms with Gasteiger partial charge >= 0.3 is 6.09 Å². The molecule has 0 N–H and O–H groups in total. The lowest BCUT2D eigenvalue weighted by atomic mass is 10.2. The number of ether oxygens (including phenoxy) is 1. The van der Waals surface area contributed by atoms with E-state index in [9.17, 15) is 4.79 Å². The number of amides is 1. The highest BCUT2D eigenvalue weighted by atomic mass is 32.1. The maximum absolute atomic E-state index is 11.2. The Morgan fingerprint density at radius 2 is 2.14 bits per heavy atom. The third kappa shape index (κ3) is 1.85. The average molecular weight is 209 g/mol. The number of rotatable bonds is 2. The molecule has 2 rings (SSSR count). The minimum Gasteiger partial charge on any atom is -0.446 e. The summed E-state index contributed by atoms with van der Waals surface area (Å²) in [7, 11) is 0. The van der Waals surface area contributed by atoms with E-state index in [0.29, 0.717) is 13.2 Å². The van der Waals surface area contributed by atoms with Gasteiger partial charge in [0.2, 0.25) is 0 Å². The van der Waals surface area contributed by atoms with Crippen LogP contribution in [0, 0.1) is 0 Å². The fourth-order valence-electron chi connectivity index (χ4n) is 1.39.